The van der Waals surface area contributed by atoms with Gasteiger partial charge in [0.25, 0.3) is 0 Å². The van der Waals surface area contributed by atoms with Crippen molar-refractivity contribution in [2.75, 3.05) is 0 Å². The fourth-order valence-corrected chi connectivity index (χ4v) is 3.77. The highest BCUT2D eigenvalue weighted by molar-refractivity contribution is 5.79. The monoisotopic (exact) mass is 266 g/mol. The molecule has 110 valence electrons. The molecule has 2 fully saturated rings. The van der Waals surface area contributed by atoms with Crippen LogP contribution in [0.1, 0.15) is 65.2 Å². The zero-order valence-electron chi connectivity index (χ0n) is 12.5. The summed E-state index contributed by atoms with van der Waals surface area (Å²) < 4.78 is 0. The summed E-state index contributed by atoms with van der Waals surface area (Å²) in [5, 5.41) is 3.31. The molecule has 5 atom stereocenters. The number of carbonyl (C=O) groups excluding carboxylic acids is 1. The average molecular weight is 266 g/mol. The fourth-order valence-electron chi connectivity index (χ4n) is 3.77. The Morgan fingerprint density at radius 2 is 1.84 bits per heavy atom. The Morgan fingerprint density at radius 1 is 1.05 bits per heavy atom. The second-order valence-electron chi connectivity index (χ2n) is 6.98. The first-order valence-electron chi connectivity index (χ1n) is 8.12. The zero-order valence-corrected chi connectivity index (χ0v) is 12.5. The third kappa shape index (κ3) is 4.20. The van der Waals surface area contributed by atoms with E-state index in [1.54, 1.807) is 0 Å². The first-order chi connectivity index (χ1) is 9.06. The van der Waals surface area contributed by atoms with Gasteiger partial charge in [-0.3, -0.25) is 4.79 Å². The third-order valence-corrected chi connectivity index (χ3v) is 5.15. The lowest BCUT2D eigenvalue weighted by atomic mass is 9.77. The molecule has 0 aliphatic heterocycles. The molecule has 0 heterocycles. The maximum Gasteiger partial charge on any atom is 0.223 e. The predicted molar refractivity (Wildman–Crippen MR) is 78.7 cm³/mol. The number of amides is 1. The van der Waals surface area contributed by atoms with E-state index in [2.05, 4.69) is 19.2 Å². The molecule has 0 saturated heterocycles. The Labute approximate surface area is 117 Å². The molecule has 0 aromatic carbocycles. The second kappa shape index (κ2) is 6.74. The van der Waals surface area contributed by atoms with E-state index in [-0.39, 0.29) is 5.92 Å². The lowest BCUT2D eigenvalue weighted by molar-refractivity contribution is -0.128. The van der Waals surface area contributed by atoms with Crippen LogP contribution in [0.3, 0.4) is 0 Å². The molecule has 0 aromatic heterocycles. The van der Waals surface area contributed by atoms with Gasteiger partial charge in [-0.05, 0) is 50.4 Å². The lowest BCUT2D eigenvalue weighted by Gasteiger charge is -2.32. The van der Waals surface area contributed by atoms with Crippen LogP contribution in [0.4, 0.5) is 0 Å². The SMILES string of the molecule is CC1CCCC(NC(=O)C2CCC(N)CC2C)CC1. The first kappa shape index (κ1) is 14.8. The van der Waals surface area contributed by atoms with Gasteiger partial charge in [-0.15, -0.1) is 0 Å². The Morgan fingerprint density at radius 3 is 2.58 bits per heavy atom. The summed E-state index contributed by atoms with van der Waals surface area (Å²) in [7, 11) is 0. The van der Waals surface area contributed by atoms with E-state index >= 15 is 0 Å². The van der Waals surface area contributed by atoms with Crippen LogP contribution in [0.2, 0.25) is 0 Å². The van der Waals surface area contributed by atoms with E-state index < -0.39 is 0 Å². The molecule has 3 nitrogen and oxygen atoms in total. The van der Waals surface area contributed by atoms with Crippen molar-refractivity contribution < 1.29 is 4.79 Å². The molecular formula is C16H30N2O. The molecule has 19 heavy (non-hydrogen) atoms. The molecular weight excluding hydrogens is 236 g/mol. The van der Waals surface area contributed by atoms with E-state index in [1.807, 2.05) is 0 Å². The molecule has 0 spiro atoms. The fraction of sp³-hybridized carbons (Fsp3) is 0.938. The second-order valence-corrected chi connectivity index (χ2v) is 6.98. The minimum absolute atomic E-state index is 0.195. The molecule has 0 aromatic rings. The number of rotatable bonds is 2. The van der Waals surface area contributed by atoms with Crippen LogP contribution < -0.4 is 11.1 Å². The Balaban J connectivity index is 1.83. The highest BCUT2D eigenvalue weighted by Gasteiger charge is 2.32. The van der Waals surface area contributed by atoms with Gasteiger partial charge in [-0.1, -0.05) is 26.7 Å². The van der Waals surface area contributed by atoms with Gasteiger partial charge in [-0.25, -0.2) is 0 Å². The quantitative estimate of drug-likeness (QED) is 0.755. The van der Waals surface area contributed by atoms with Crippen LogP contribution in [0.15, 0.2) is 0 Å². The Hall–Kier alpha value is -0.570. The Bertz CT molecular complexity index is 305. The standard InChI is InChI=1S/C16H30N2O/c1-11-4-3-5-14(8-6-11)18-16(19)15-9-7-13(17)10-12(15)2/h11-15H,3-10,17H2,1-2H3,(H,18,19). The largest absolute Gasteiger partial charge is 0.353 e. The van der Waals surface area contributed by atoms with Crippen molar-refractivity contribution in [2.45, 2.75) is 77.3 Å². The van der Waals surface area contributed by atoms with Crippen molar-refractivity contribution in [3.63, 3.8) is 0 Å². The molecule has 0 radical (unpaired) electrons. The maximum absolute atomic E-state index is 12.4. The van der Waals surface area contributed by atoms with Crippen molar-refractivity contribution in [2.24, 2.45) is 23.5 Å². The maximum atomic E-state index is 12.4. The van der Waals surface area contributed by atoms with Crippen molar-refractivity contribution in [1.29, 1.82) is 0 Å². The number of nitrogens with one attached hydrogen (secondary N) is 1. The number of hydrogen-bond donors (Lipinski definition) is 2. The third-order valence-electron chi connectivity index (χ3n) is 5.15. The van der Waals surface area contributed by atoms with Gasteiger partial charge in [0.05, 0.1) is 0 Å². The van der Waals surface area contributed by atoms with Gasteiger partial charge in [0.15, 0.2) is 0 Å². The minimum Gasteiger partial charge on any atom is -0.353 e. The molecule has 3 heteroatoms. The van der Waals surface area contributed by atoms with E-state index in [0.717, 1.165) is 38.0 Å². The van der Waals surface area contributed by atoms with Gasteiger partial charge < -0.3 is 11.1 Å². The van der Waals surface area contributed by atoms with Crippen LogP contribution in [0.25, 0.3) is 0 Å². The van der Waals surface area contributed by atoms with E-state index in [1.165, 1.54) is 19.3 Å². The van der Waals surface area contributed by atoms with Crippen LogP contribution in [0, 0.1) is 17.8 Å². The topological polar surface area (TPSA) is 55.1 Å². The van der Waals surface area contributed by atoms with Gasteiger partial charge in [-0.2, -0.15) is 0 Å². The summed E-state index contributed by atoms with van der Waals surface area (Å²) in [6.07, 6.45) is 9.14. The van der Waals surface area contributed by atoms with Crippen molar-refractivity contribution in [1.82, 2.24) is 5.32 Å². The molecule has 2 rings (SSSR count). The van der Waals surface area contributed by atoms with Crippen LogP contribution in [-0.2, 0) is 4.79 Å². The molecule has 1 amide bonds. The van der Waals surface area contributed by atoms with E-state index in [9.17, 15) is 4.79 Å². The summed E-state index contributed by atoms with van der Waals surface area (Å²) in [5.74, 6) is 1.75. The van der Waals surface area contributed by atoms with Crippen LogP contribution >= 0.6 is 0 Å². The summed E-state index contributed by atoms with van der Waals surface area (Å²) in [4.78, 5) is 12.4. The van der Waals surface area contributed by atoms with E-state index in [0.29, 0.717) is 23.9 Å². The summed E-state index contributed by atoms with van der Waals surface area (Å²) in [5.41, 5.74) is 5.98. The van der Waals surface area contributed by atoms with Gasteiger partial charge in [0.2, 0.25) is 5.91 Å². The average Bonchev–Trinajstić information content (AvgIpc) is 2.54. The summed E-state index contributed by atoms with van der Waals surface area (Å²) in [6.45, 7) is 4.51. The van der Waals surface area contributed by atoms with Crippen molar-refractivity contribution >= 4 is 5.91 Å². The Kier molecular flexibility index (Phi) is 5.26. The highest BCUT2D eigenvalue weighted by Crippen LogP contribution is 2.30. The predicted octanol–water partition coefficient (Wildman–Crippen LogP) is 2.83. The van der Waals surface area contributed by atoms with Crippen molar-refractivity contribution in [3.8, 4) is 0 Å². The minimum atomic E-state index is 0.195. The molecule has 3 N–H and O–H groups in total. The molecule has 2 saturated carbocycles. The lowest BCUT2D eigenvalue weighted by Crippen LogP contribution is -2.44. The zero-order chi connectivity index (χ0) is 13.8. The molecule has 5 unspecified atom stereocenters. The summed E-state index contributed by atoms with van der Waals surface area (Å²) in [6, 6.07) is 0.720. The van der Waals surface area contributed by atoms with E-state index in [4.69, 9.17) is 5.73 Å². The smallest absolute Gasteiger partial charge is 0.223 e. The highest BCUT2D eigenvalue weighted by atomic mass is 16.1. The molecule has 2 aliphatic carbocycles. The normalized spacial score (nSPS) is 40.5. The van der Waals surface area contributed by atoms with Gasteiger partial charge in [0, 0.05) is 18.0 Å². The van der Waals surface area contributed by atoms with Gasteiger partial charge in [0.1, 0.15) is 0 Å². The number of carbonyl (C=O) groups is 1. The summed E-state index contributed by atoms with van der Waals surface area (Å²) >= 11 is 0. The van der Waals surface area contributed by atoms with Crippen LogP contribution in [0.5, 0.6) is 0 Å². The van der Waals surface area contributed by atoms with Crippen molar-refractivity contribution in [3.05, 3.63) is 0 Å². The first-order valence-corrected chi connectivity index (χ1v) is 8.12. The van der Waals surface area contributed by atoms with Crippen LogP contribution in [-0.4, -0.2) is 18.0 Å². The molecule has 2 aliphatic rings. The molecule has 0 bridgehead atoms. The number of hydrogen-bond acceptors (Lipinski definition) is 2. The number of nitrogens with two attached hydrogens (primary N) is 1. The van der Waals surface area contributed by atoms with Gasteiger partial charge >= 0.3 is 0 Å².